The summed E-state index contributed by atoms with van der Waals surface area (Å²) in [7, 11) is -2.80. The molecule has 2 N–H and O–H groups in total. The number of rotatable bonds is 3. The minimum atomic E-state index is -2.80. The quantitative estimate of drug-likeness (QED) is 0.778. The molecular weight excluding hydrogens is 236 g/mol. The fourth-order valence-electron chi connectivity index (χ4n) is 2.91. The number of sulfone groups is 1. The van der Waals surface area contributed by atoms with Crippen LogP contribution < -0.4 is 10.6 Å². The molecule has 0 bridgehead atoms. The summed E-state index contributed by atoms with van der Waals surface area (Å²) in [5, 5.41) is 6.74. The summed E-state index contributed by atoms with van der Waals surface area (Å²) in [6.45, 7) is 7.14. The lowest BCUT2D eigenvalue weighted by Gasteiger charge is -2.40. The maximum atomic E-state index is 11.7. The molecule has 0 aromatic carbocycles. The largest absolute Gasteiger partial charge is 0.316 e. The van der Waals surface area contributed by atoms with Crippen LogP contribution in [0.4, 0.5) is 0 Å². The van der Waals surface area contributed by atoms with E-state index in [4.69, 9.17) is 0 Å². The zero-order valence-corrected chi connectivity index (χ0v) is 11.6. The molecule has 100 valence electrons. The molecule has 0 aliphatic carbocycles. The van der Waals surface area contributed by atoms with Crippen molar-refractivity contribution in [3.8, 4) is 0 Å². The van der Waals surface area contributed by atoms with Crippen LogP contribution in [-0.2, 0) is 9.84 Å². The fourth-order valence-corrected chi connectivity index (χ4v) is 4.69. The molecule has 17 heavy (non-hydrogen) atoms. The molecule has 2 aliphatic rings. The van der Waals surface area contributed by atoms with Crippen LogP contribution >= 0.6 is 0 Å². The predicted octanol–water partition coefficient (Wildman–Crippen LogP) is 0.541. The van der Waals surface area contributed by atoms with Gasteiger partial charge in [0.2, 0.25) is 0 Å². The van der Waals surface area contributed by atoms with Crippen LogP contribution in [0.5, 0.6) is 0 Å². The van der Waals surface area contributed by atoms with Crippen LogP contribution in [0.3, 0.4) is 0 Å². The van der Waals surface area contributed by atoms with Crippen LogP contribution in [0.25, 0.3) is 0 Å². The van der Waals surface area contributed by atoms with Gasteiger partial charge in [-0.25, -0.2) is 8.42 Å². The van der Waals surface area contributed by atoms with E-state index in [1.54, 1.807) is 0 Å². The Morgan fingerprint density at radius 3 is 2.71 bits per heavy atom. The van der Waals surface area contributed by atoms with Gasteiger partial charge in [-0.2, -0.15) is 0 Å². The van der Waals surface area contributed by atoms with E-state index in [0.717, 1.165) is 32.4 Å². The number of hydrogen-bond acceptors (Lipinski definition) is 4. The van der Waals surface area contributed by atoms with Crippen molar-refractivity contribution in [1.82, 2.24) is 10.6 Å². The minimum Gasteiger partial charge on any atom is -0.316 e. The van der Waals surface area contributed by atoms with E-state index in [-0.39, 0.29) is 10.7 Å². The summed E-state index contributed by atoms with van der Waals surface area (Å²) < 4.78 is 23.5. The van der Waals surface area contributed by atoms with Gasteiger partial charge in [0.25, 0.3) is 0 Å². The Hall–Kier alpha value is -0.130. The lowest BCUT2D eigenvalue weighted by atomic mass is 9.80. The van der Waals surface area contributed by atoms with E-state index in [1.807, 2.05) is 0 Å². The fraction of sp³-hybridized carbons (Fsp3) is 1.00. The van der Waals surface area contributed by atoms with Gasteiger partial charge in [0.05, 0.1) is 11.0 Å². The molecule has 2 fully saturated rings. The molecular formula is C12H24N2O2S. The molecule has 2 rings (SSSR count). The smallest absolute Gasteiger partial charge is 0.154 e. The van der Waals surface area contributed by atoms with Gasteiger partial charge in [0.1, 0.15) is 0 Å². The third kappa shape index (κ3) is 3.01. The molecule has 2 saturated heterocycles. The van der Waals surface area contributed by atoms with Crippen LogP contribution in [0.2, 0.25) is 0 Å². The number of piperidine rings is 1. The first-order valence-electron chi connectivity index (χ1n) is 6.57. The summed E-state index contributed by atoms with van der Waals surface area (Å²) in [5.74, 6) is 0.384. The molecule has 0 radical (unpaired) electrons. The Bertz CT molecular complexity index is 365. The Labute approximate surface area is 104 Å². The van der Waals surface area contributed by atoms with Crippen molar-refractivity contribution in [1.29, 1.82) is 0 Å². The van der Waals surface area contributed by atoms with Crippen molar-refractivity contribution in [3.63, 3.8) is 0 Å². The maximum absolute atomic E-state index is 11.7. The Balaban J connectivity index is 1.89. The molecule has 0 saturated carbocycles. The van der Waals surface area contributed by atoms with Crippen LogP contribution in [0, 0.1) is 5.41 Å². The SMILES string of the molecule is CC1(C)CNCCC1NCC1CCCS1(=O)=O. The van der Waals surface area contributed by atoms with Crippen molar-refractivity contribution < 1.29 is 8.42 Å². The Kier molecular flexibility index (Phi) is 3.80. The Morgan fingerprint density at radius 2 is 2.12 bits per heavy atom. The molecule has 2 atom stereocenters. The van der Waals surface area contributed by atoms with Gasteiger partial charge >= 0.3 is 0 Å². The van der Waals surface area contributed by atoms with E-state index < -0.39 is 9.84 Å². The predicted molar refractivity (Wildman–Crippen MR) is 69.9 cm³/mol. The van der Waals surface area contributed by atoms with Gasteiger partial charge in [-0.05, 0) is 31.2 Å². The average Bonchev–Trinajstić information content (AvgIpc) is 2.56. The molecule has 5 heteroatoms. The van der Waals surface area contributed by atoms with E-state index in [0.29, 0.717) is 18.3 Å². The highest BCUT2D eigenvalue weighted by molar-refractivity contribution is 7.92. The highest BCUT2D eigenvalue weighted by Crippen LogP contribution is 2.26. The maximum Gasteiger partial charge on any atom is 0.154 e. The highest BCUT2D eigenvalue weighted by atomic mass is 32.2. The standard InChI is InChI=1S/C12H24N2O2S/c1-12(2)9-13-6-5-11(12)14-8-10-4-3-7-17(10,15)16/h10-11,13-14H,3-9H2,1-2H3. The van der Waals surface area contributed by atoms with Gasteiger partial charge in [-0.1, -0.05) is 13.8 Å². The summed E-state index contributed by atoms with van der Waals surface area (Å²) in [4.78, 5) is 0. The van der Waals surface area contributed by atoms with E-state index in [2.05, 4.69) is 24.5 Å². The first-order chi connectivity index (χ1) is 7.92. The molecule has 0 amide bonds. The normalized spacial score (nSPS) is 35.9. The number of nitrogens with one attached hydrogen (secondary N) is 2. The highest BCUT2D eigenvalue weighted by Gasteiger charge is 2.35. The summed E-state index contributed by atoms with van der Waals surface area (Å²) in [6.07, 6.45) is 2.75. The van der Waals surface area contributed by atoms with Crippen molar-refractivity contribution >= 4 is 9.84 Å². The van der Waals surface area contributed by atoms with Crippen molar-refractivity contribution in [3.05, 3.63) is 0 Å². The monoisotopic (exact) mass is 260 g/mol. The molecule has 2 aliphatic heterocycles. The van der Waals surface area contributed by atoms with E-state index >= 15 is 0 Å². The molecule has 4 nitrogen and oxygen atoms in total. The zero-order chi connectivity index (χ0) is 12.5. The molecule has 2 heterocycles. The second-order valence-electron chi connectivity index (χ2n) is 6.05. The van der Waals surface area contributed by atoms with Gasteiger partial charge in [-0.15, -0.1) is 0 Å². The second-order valence-corrected chi connectivity index (χ2v) is 8.45. The summed E-state index contributed by atoms with van der Waals surface area (Å²) >= 11 is 0. The van der Waals surface area contributed by atoms with E-state index in [9.17, 15) is 8.42 Å². The Morgan fingerprint density at radius 1 is 1.35 bits per heavy atom. The summed E-state index contributed by atoms with van der Waals surface area (Å²) in [5.41, 5.74) is 0.209. The zero-order valence-electron chi connectivity index (χ0n) is 10.8. The molecule has 0 spiro atoms. The van der Waals surface area contributed by atoms with Crippen molar-refractivity contribution in [2.75, 3.05) is 25.4 Å². The van der Waals surface area contributed by atoms with Gasteiger partial charge in [0.15, 0.2) is 9.84 Å². The van der Waals surface area contributed by atoms with Crippen molar-refractivity contribution in [2.45, 2.75) is 44.4 Å². The van der Waals surface area contributed by atoms with Crippen LogP contribution in [-0.4, -0.2) is 45.1 Å². The molecule has 0 aromatic rings. The molecule has 2 unspecified atom stereocenters. The third-order valence-electron chi connectivity index (χ3n) is 4.19. The topological polar surface area (TPSA) is 58.2 Å². The first-order valence-corrected chi connectivity index (χ1v) is 8.29. The van der Waals surface area contributed by atoms with Crippen LogP contribution in [0.15, 0.2) is 0 Å². The number of hydrogen-bond donors (Lipinski definition) is 2. The second kappa shape index (κ2) is 4.86. The van der Waals surface area contributed by atoms with E-state index in [1.165, 1.54) is 0 Å². The van der Waals surface area contributed by atoms with Crippen LogP contribution in [0.1, 0.15) is 33.1 Å². The van der Waals surface area contributed by atoms with Gasteiger partial charge in [-0.3, -0.25) is 0 Å². The summed E-state index contributed by atoms with van der Waals surface area (Å²) in [6, 6.07) is 0.430. The average molecular weight is 260 g/mol. The lowest BCUT2D eigenvalue weighted by Crippen LogP contribution is -2.54. The third-order valence-corrected chi connectivity index (χ3v) is 6.46. The van der Waals surface area contributed by atoms with Gasteiger partial charge in [0, 0.05) is 19.1 Å². The minimum absolute atomic E-state index is 0.145. The molecule has 0 aromatic heterocycles. The lowest BCUT2D eigenvalue weighted by molar-refractivity contribution is 0.185. The van der Waals surface area contributed by atoms with Crippen molar-refractivity contribution in [2.24, 2.45) is 5.41 Å². The van der Waals surface area contributed by atoms with Gasteiger partial charge < -0.3 is 10.6 Å². The first kappa shape index (κ1) is 13.3.